The van der Waals surface area contributed by atoms with Gasteiger partial charge in [-0.1, -0.05) is 0 Å². The van der Waals surface area contributed by atoms with Gasteiger partial charge in [0.15, 0.2) is 34.5 Å². The fraction of sp³-hybridized carbons (Fsp3) is 0.488. The van der Waals surface area contributed by atoms with Crippen LogP contribution in [0, 0.1) is 0 Å². The lowest BCUT2D eigenvalue weighted by molar-refractivity contribution is -0.192. The quantitative estimate of drug-likeness (QED) is 0.0305. The van der Waals surface area contributed by atoms with E-state index in [4.69, 9.17) is 117 Å². The van der Waals surface area contributed by atoms with Crippen molar-refractivity contribution in [3.8, 4) is 68.8 Å². The number of carbonyl (C=O) groups is 3. The van der Waals surface area contributed by atoms with Gasteiger partial charge in [0.1, 0.15) is 65.1 Å². The molecule has 2 amide bonds. The first-order valence-corrected chi connectivity index (χ1v) is 41.3. The van der Waals surface area contributed by atoms with E-state index in [2.05, 4.69) is 61.3 Å². The lowest BCUT2D eigenvalue weighted by atomic mass is 10.1. The van der Waals surface area contributed by atoms with Crippen molar-refractivity contribution in [1.82, 2.24) is 79.0 Å². The van der Waals surface area contributed by atoms with E-state index in [-0.39, 0.29) is 29.4 Å². The molecule has 0 aliphatic carbocycles. The van der Waals surface area contributed by atoms with Gasteiger partial charge in [0.2, 0.25) is 34.4 Å². The summed E-state index contributed by atoms with van der Waals surface area (Å²) in [4.78, 5) is 83.9. The number of carbonyl (C=O) groups excluding carboxylic acids is 2. The normalized spacial score (nSPS) is 14.5. The molecule has 6 N–H and O–H groups in total. The van der Waals surface area contributed by atoms with Gasteiger partial charge in [-0.2, -0.15) is 23.1 Å². The highest BCUT2D eigenvalue weighted by molar-refractivity contribution is 6.40. The second-order valence-electron chi connectivity index (χ2n) is 30.4. The van der Waals surface area contributed by atoms with Crippen molar-refractivity contribution in [3.05, 3.63) is 113 Å². The molecule has 12 heterocycles. The Morgan fingerprint density at radius 1 is 0.444 bits per heavy atom. The molecule has 124 heavy (non-hydrogen) atoms. The summed E-state index contributed by atoms with van der Waals surface area (Å²) in [5.41, 5.74) is 6.81. The maximum absolute atomic E-state index is 12.8. The van der Waals surface area contributed by atoms with Gasteiger partial charge in [-0.25, -0.2) is 49.3 Å². The molecule has 0 bridgehead atoms. The molecule has 0 saturated carbocycles. The standard InChI is InChI=1S/C28H37N7O5.C24H29ClN6O5.C23H29N7O3.C4H9N.C2HF3O2.CH2Cl2/c1-28(2,3)40-27(36)34-12-9-19-20(15-34)30-26(33-10-7-8-11-33)32-25(19)31-23-16-35(17-29-23)18-13-21(37-4)24(39-6)22(14-18)38-5;1-24(2,3)36-23(32)30-8-7-15-16(11-30)27-22(25)29-21(15)28-19-12-31(13-26-19)14-9-17(33-4)20(35-6)18(10-14)34-5;1-31-18-10-15(11-19(32-2)21(18)33-3)30-13-20(25-14-30)27-22-16-6-7-24-12-17(16)26-23(28-22)29-8-4-5-9-29;1-2-4-5-3-1;3-2(4,5)1(6)7;2-1-3/h13-14,16-17H,7-12,15H2,1-6H3,(H,30,31,32);9-10,12-13H,7-8,11H2,1-6H3,(H,27,28,29);10-11,13-14,24H,4-9,12H2,1-3H3,(H,26,27,28);5H,1-4H2;(H,6,7);1H2. The summed E-state index contributed by atoms with van der Waals surface area (Å²) in [6, 6.07) is 11.1. The first-order chi connectivity index (χ1) is 59.3. The van der Waals surface area contributed by atoms with E-state index in [0.29, 0.717) is 125 Å². The van der Waals surface area contributed by atoms with Gasteiger partial charge in [-0.15, -0.1) is 23.2 Å². The maximum atomic E-state index is 12.8. The number of anilines is 8. The summed E-state index contributed by atoms with van der Waals surface area (Å²) in [5, 5.41) is 24.1. The number of imidazole rings is 3. The van der Waals surface area contributed by atoms with Crippen molar-refractivity contribution >= 4 is 99.8 Å². The van der Waals surface area contributed by atoms with Gasteiger partial charge in [0.05, 0.1) is 135 Å². The average Bonchev–Trinajstić information content (AvgIpc) is 1.43. The number of alkyl halides is 5. The van der Waals surface area contributed by atoms with Crippen LogP contribution in [0.15, 0.2) is 74.0 Å². The molecule has 6 aliphatic rings. The number of hydrogen-bond donors (Lipinski definition) is 6. The number of rotatable bonds is 20. The van der Waals surface area contributed by atoms with E-state index < -0.39 is 23.3 Å². The van der Waals surface area contributed by atoms with E-state index in [1.807, 2.05) is 104 Å². The Morgan fingerprint density at radius 3 is 1.07 bits per heavy atom. The Morgan fingerprint density at radius 2 is 0.766 bits per heavy atom. The van der Waals surface area contributed by atoms with Gasteiger partial charge in [0, 0.05) is 98.9 Å². The molecule has 15 rings (SSSR count). The van der Waals surface area contributed by atoms with Gasteiger partial charge in [0.25, 0.3) is 0 Å². The Kier molecular flexibility index (Phi) is 33.2. The lowest BCUT2D eigenvalue weighted by Gasteiger charge is -2.32. The number of fused-ring (bicyclic) bond motifs is 3. The van der Waals surface area contributed by atoms with Crippen molar-refractivity contribution in [2.45, 2.75) is 136 Å². The van der Waals surface area contributed by atoms with Gasteiger partial charge in [-0.05, 0) is 131 Å². The van der Waals surface area contributed by atoms with Crippen LogP contribution in [0.25, 0.3) is 17.1 Å². The fourth-order valence-corrected chi connectivity index (χ4v) is 14.0. The molecule has 42 heteroatoms. The third-order valence-electron chi connectivity index (χ3n) is 19.6. The number of amides is 2. The molecule has 3 saturated heterocycles. The maximum Gasteiger partial charge on any atom is 0.490 e. The topological polar surface area (TPSA) is 377 Å². The molecule has 6 aromatic heterocycles. The number of benzene rings is 3. The number of carboxylic acids is 1. The van der Waals surface area contributed by atoms with Crippen LogP contribution in [-0.2, 0) is 53.2 Å². The van der Waals surface area contributed by atoms with E-state index in [9.17, 15) is 22.8 Å². The zero-order valence-electron chi connectivity index (χ0n) is 72.1. The predicted molar refractivity (Wildman–Crippen MR) is 462 cm³/mol. The second kappa shape index (κ2) is 43.6. The molecule has 6 aliphatic heterocycles. The number of nitrogens with one attached hydrogen (secondary N) is 5. The third-order valence-corrected chi connectivity index (χ3v) is 19.8. The summed E-state index contributed by atoms with van der Waals surface area (Å²) >= 11 is 15.7. The van der Waals surface area contributed by atoms with Crippen LogP contribution in [0.1, 0.15) is 114 Å². The fourth-order valence-electron chi connectivity index (χ4n) is 13.8. The molecular weight excluding hydrogens is 1680 g/mol. The minimum Gasteiger partial charge on any atom is -0.493 e. The minimum atomic E-state index is -5.08. The molecule has 0 radical (unpaired) electrons. The van der Waals surface area contributed by atoms with Crippen LogP contribution in [0.4, 0.5) is 69.6 Å². The second-order valence-corrected chi connectivity index (χ2v) is 31.5. The van der Waals surface area contributed by atoms with Crippen molar-refractivity contribution in [2.24, 2.45) is 0 Å². The van der Waals surface area contributed by atoms with Crippen molar-refractivity contribution < 1.29 is 84.8 Å². The summed E-state index contributed by atoms with van der Waals surface area (Å²) in [6.07, 6.45) is 14.3. The number of carboxylic acid groups (broad SMARTS) is 1. The molecule has 672 valence electrons. The predicted octanol–water partition coefficient (Wildman–Crippen LogP) is 13.8. The number of hydrogen-bond acceptors (Lipinski definition) is 30. The molecule has 0 atom stereocenters. The van der Waals surface area contributed by atoms with E-state index in [0.717, 1.165) is 115 Å². The third kappa shape index (κ3) is 25.1. The van der Waals surface area contributed by atoms with Gasteiger partial charge < -0.3 is 117 Å². The van der Waals surface area contributed by atoms with Crippen LogP contribution in [-0.4, -0.2) is 237 Å². The van der Waals surface area contributed by atoms with Crippen molar-refractivity contribution in [3.63, 3.8) is 0 Å². The Bertz CT molecular complexity index is 5010. The first kappa shape index (κ1) is 94.6. The van der Waals surface area contributed by atoms with Crippen LogP contribution < -0.4 is 79.0 Å². The van der Waals surface area contributed by atoms with Crippen LogP contribution in [0.2, 0.25) is 5.28 Å². The van der Waals surface area contributed by atoms with E-state index in [1.165, 1.54) is 38.8 Å². The zero-order valence-corrected chi connectivity index (χ0v) is 74.3. The van der Waals surface area contributed by atoms with E-state index in [1.54, 1.807) is 99.0 Å². The monoisotopic (exact) mass is 1790 g/mol. The summed E-state index contributed by atoms with van der Waals surface area (Å²) in [7, 11) is 14.2. The smallest absolute Gasteiger partial charge is 0.490 e. The number of halogens is 6. The number of methoxy groups -OCH3 is 9. The number of aliphatic carboxylic acids is 1. The highest BCUT2D eigenvalue weighted by Gasteiger charge is 2.39. The molecule has 0 spiro atoms. The highest BCUT2D eigenvalue weighted by atomic mass is 35.5. The summed E-state index contributed by atoms with van der Waals surface area (Å²) in [5.74, 6) is 7.56. The SMILES string of the molecule is C1CCNC1.COc1cc(-n2cnc(Nc3nc(Cl)nc4c3CCN(C(=O)OC(C)(C)C)C4)c2)cc(OC)c1OC.COc1cc(-n2cnc(Nc3nc(N4CCCC4)nc4c3CCN(C(=O)OC(C)(C)C)C4)c2)cc(OC)c1OC.COc1cc(-n2cnc(Nc3nc(N4CCCC4)nc4c3CCNC4)c2)cc(OC)c1OC.ClCCl.O=C(O)C(F)(F)F. The lowest BCUT2D eigenvalue weighted by Crippen LogP contribution is -2.40. The Labute approximate surface area is 732 Å². The summed E-state index contributed by atoms with van der Waals surface area (Å²) < 4.78 is 97.6. The summed E-state index contributed by atoms with van der Waals surface area (Å²) in [6.45, 7) is 20.7. The molecule has 36 nitrogen and oxygen atoms in total. The minimum absolute atomic E-state index is 0.0753. The van der Waals surface area contributed by atoms with Crippen LogP contribution in [0.5, 0.6) is 51.7 Å². The molecule has 3 fully saturated rings. The average molecular weight is 1790 g/mol. The van der Waals surface area contributed by atoms with Gasteiger partial charge >= 0.3 is 24.3 Å². The first-order valence-electron chi connectivity index (χ1n) is 39.8. The molecule has 3 aromatic carbocycles. The Hall–Kier alpha value is -11.7. The molecule has 9 aromatic rings. The van der Waals surface area contributed by atoms with Crippen molar-refractivity contribution in [1.29, 1.82) is 0 Å². The van der Waals surface area contributed by atoms with Crippen LogP contribution in [0.3, 0.4) is 0 Å². The number of aromatic nitrogens is 12. The highest BCUT2D eigenvalue weighted by Crippen LogP contribution is 2.43. The molecule has 0 unspecified atom stereocenters. The number of ether oxygens (including phenoxy) is 11. The van der Waals surface area contributed by atoms with Crippen molar-refractivity contribution in [2.75, 3.05) is 154 Å². The molecular formula is C82H107Cl3F3N21O15. The Balaban J connectivity index is 0.000000179. The van der Waals surface area contributed by atoms with E-state index >= 15 is 0 Å². The van der Waals surface area contributed by atoms with Crippen LogP contribution >= 0.6 is 34.8 Å². The number of nitrogens with zero attached hydrogens (tertiary/aromatic N) is 16. The largest absolute Gasteiger partial charge is 0.493 e. The zero-order chi connectivity index (χ0) is 89.6. The van der Waals surface area contributed by atoms with Gasteiger partial charge in [-0.3, -0.25) is 0 Å².